The summed E-state index contributed by atoms with van der Waals surface area (Å²) in [6, 6.07) is 10.5. The van der Waals surface area contributed by atoms with E-state index in [0.29, 0.717) is 28.0 Å². The number of aliphatic hydroxyl groups is 1. The van der Waals surface area contributed by atoms with E-state index in [-0.39, 0.29) is 6.79 Å². The van der Waals surface area contributed by atoms with Gasteiger partial charge in [0.1, 0.15) is 11.5 Å². The fraction of sp³-hybridized carbons (Fsp3) is 0.200. The summed E-state index contributed by atoms with van der Waals surface area (Å²) < 4.78 is 16.2. The molecule has 0 aromatic heterocycles. The molecule has 0 amide bonds. The van der Waals surface area contributed by atoms with Gasteiger partial charge in [0.25, 0.3) is 0 Å². The number of halogens is 1. The van der Waals surface area contributed by atoms with E-state index in [1.165, 1.54) is 0 Å². The van der Waals surface area contributed by atoms with Crippen molar-refractivity contribution in [1.29, 1.82) is 0 Å². The molecule has 4 nitrogen and oxygen atoms in total. The molecule has 1 aliphatic rings. The SMILES string of the molecule is CC(O)c1ccc(Oc2ccc3c(c2)OCO3)c(Cl)c1. The Hall–Kier alpha value is -1.91. The molecule has 0 spiro atoms. The summed E-state index contributed by atoms with van der Waals surface area (Å²) in [4.78, 5) is 0. The molecule has 0 fully saturated rings. The molecule has 1 unspecified atom stereocenters. The van der Waals surface area contributed by atoms with Crippen LogP contribution in [0.5, 0.6) is 23.0 Å². The first-order chi connectivity index (χ1) is 9.63. The Morgan fingerprint density at radius 1 is 1.15 bits per heavy atom. The number of aliphatic hydroxyl groups excluding tert-OH is 1. The number of benzene rings is 2. The Labute approximate surface area is 121 Å². The molecule has 0 aliphatic carbocycles. The summed E-state index contributed by atoms with van der Waals surface area (Å²) >= 11 is 6.15. The minimum absolute atomic E-state index is 0.225. The Morgan fingerprint density at radius 2 is 1.95 bits per heavy atom. The average molecular weight is 293 g/mol. The Morgan fingerprint density at radius 3 is 2.70 bits per heavy atom. The Kier molecular flexibility index (Phi) is 3.42. The molecule has 3 rings (SSSR count). The van der Waals surface area contributed by atoms with Gasteiger partial charge in [0.2, 0.25) is 6.79 Å². The molecule has 20 heavy (non-hydrogen) atoms. The molecule has 1 N–H and O–H groups in total. The fourth-order valence-electron chi connectivity index (χ4n) is 1.93. The molecule has 1 heterocycles. The minimum Gasteiger partial charge on any atom is -0.456 e. The quantitative estimate of drug-likeness (QED) is 0.931. The van der Waals surface area contributed by atoms with E-state index in [1.807, 2.05) is 0 Å². The van der Waals surface area contributed by atoms with Gasteiger partial charge in [-0.2, -0.15) is 0 Å². The van der Waals surface area contributed by atoms with E-state index in [4.69, 9.17) is 25.8 Å². The van der Waals surface area contributed by atoms with Crippen LogP contribution in [0.15, 0.2) is 36.4 Å². The third-order valence-corrected chi connectivity index (χ3v) is 3.31. The first kappa shape index (κ1) is 13.1. The molecule has 0 radical (unpaired) electrons. The van der Waals surface area contributed by atoms with Crippen molar-refractivity contribution >= 4 is 11.6 Å². The standard InChI is InChI=1S/C15H13ClO4/c1-9(17)10-2-4-13(12(16)6-10)20-11-3-5-14-15(7-11)19-8-18-14/h2-7,9,17H,8H2,1H3. The van der Waals surface area contributed by atoms with Gasteiger partial charge in [0, 0.05) is 6.07 Å². The predicted octanol–water partition coefficient (Wildman–Crippen LogP) is 3.91. The van der Waals surface area contributed by atoms with Gasteiger partial charge in [0.15, 0.2) is 11.5 Å². The summed E-state index contributed by atoms with van der Waals surface area (Å²) in [7, 11) is 0. The van der Waals surface area contributed by atoms with E-state index >= 15 is 0 Å². The van der Waals surface area contributed by atoms with Crippen molar-refractivity contribution in [2.45, 2.75) is 13.0 Å². The normalized spacial score (nSPS) is 14.2. The van der Waals surface area contributed by atoms with E-state index in [2.05, 4.69) is 0 Å². The molecular weight excluding hydrogens is 280 g/mol. The van der Waals surface area contributed by atoms with Crippen LogP contribution >= 0.6 is 11.6 Å². The molecule has 0 saturated heterocycles. The summed E-state index contributed by atoms with van der Waals surface area (Å²) in [5.41, 5.74) is 0.744. The van der Waals surface area contributed by atoms with E-state index in [9.17, 15) is 5.11 Å². The second-order valence-electron chi connectivity index (χ2n) is 4.48. The van der Waals surface area contributed by atoms with Crippen LogP contribution in [-0.2, 0) is 0 Å². The number of hydrogen-bond donors (Lipinski definition) is 1. The van der Waals surface area contributed by atoms with Crippen molar-refractivity contribution in [3.8, 4) is 23.0 Å². The largest absolute Gasteiger partial charge is 0.456 e. The highest BCUT2D eigenvalue weighted by Crippen LogP contribution is 2.38. The fourth-order valence-corrected chi connectivity index (χ4v) is 2.15. The lowest BCUT2D eigenvalue weighted by Gasteiger charge is -2.11. The van der Waals surface area contributed by atoms with Gasteiger partial charge < -0.3 is 19.3 Å². The summed E-state index contributed by atoms with van der Waals surface area (Å²) in [6.45, 7) is 1.91. The molecule has 5 heteroatoms. The van der Waals surface area contributed by atoms with Crippen molar-refractivity contribution in [2.75, 3.05) is 6.79 Å². The van der Waals surface area contributed by atoms with Crippen molar-refractivity contribution in [3.05, 3.63) is 47.0 Å². The smallest absolute Gasteiger partial charge is 0.231 e. The molecule has 2 aromatic carbocycles. The van der Waals surface area contributed by atoms with Crippen molar-refractivity contribution < 1.29 is 19.3 Å². The van der Waals surface area contributed by atoms with Crippen molar-refractivity contribution in [1.82, 2.24) is 0 Å². The zero-order valence-corrected chi connectivity index (χ0v) is 11.6. The molecular formula is C15H13ClO4. The van der Waals surface area contributed by atoms with Crippen LogP contribution in [0.25, 0.3) is 0 Å². The van der Waals surface area contributed by atoms with Crippen LogP contribution in [0, 0.1) is 0 Å². The maximum absolute atomic E-state index is 9.50. The van der Waals surface area contributed by atoms with E-state index in [1.54, 1.807) is 43.3 Å². The lowest BCUT2D eigenvalue weighted by atomic mass is 10.1. The highest BCUT2D eigenvalue weighted by Gasteiger charge is 2.15. The minimum atomic E-state index is -0.563. The topological polar surface area (TPSA) is 47.9 Å². The zero-order chi connectivity index (χ0) is 14.1. The third-order valence-electron chi connectivity index (χ3n) is 3.01. The van der Waals surface area contributed by atoms with Gasteiger partial charge in [-0.15, -0.1) is 0 Å². The van der Waals surface area contributed by atoms with Gasteiger partial charge in [-0.3, -0.25) is 0 Å². The Bertz CT molecular complexity index is 640. The summed E-state index contributed by atoms with van der Waals surface area (Å²) in [5.74, 6) is 2.49. The first-order valence-corrected chi connectivity index (χ1v) is 6.56. The van der Waals surface area contributed by atoms with E-state index < -0.39 is 6.10 Å². The van der Waals surface area contributed by atoms with Crippen LogP contribution < -0.4 is 14.2 Å². The van der Waals surface area contributed by atoms with Crippen molar-refractivity contribution in [3.63, 3.8) is 0 Å². The van der Waals surface area contributed by atoms with Crippen LogP contribution in [0.3, 0.4) is 0 Å². The highest BCUT2D eigenvalue weighted by molar-refractivity contribution is 6.32. The number of rotatable bonds is 3. The molecule has 0 bridgehead atoms. The lowest BCUT2D eigenvalue weighted by molar-refractivity contribution is 0.174. The van der Waals surface area contributed by atoms with Crippen LogP contribution in [0.1, 0.15) is 18.6 Å². The van der Waals surface area contributed by atoms with Gasteiger partial charge in [-0.1, -0.05) is 17.7 Å². The second-order valence-corrected chi connectivity index (χ2v) is 4.89. The van der Waals surface area contributed by atoms with Crippen molar-refractivity contribution in [2.24, 2.45) is 0 Å². The molecule has 1 atom stereocenters. The van der Waals surface area contributed by atoms with Gasteiger partial charge in [-0.05, 0) is 36.8 Å². The van der Waals surface area contributed by atoms with Gasteiger partial charge in [-0.25, -0.2) is 0 Å². The maximum Gasteiger partial charge on any atom is 0.231 e. The van der Waals surface area contributed by atoms with Crippen LogP contribution in [0.2, 0.25) is 5.02 Å². The second kappa shape index (κ2) is 5.23. The lowest BCUT2D eigenvalue weighted by Crippen LogP contribution is -1.93. The number of hydrogen-bond acceptors (Lipinski definition) is 4. The van der Waals surface area contributed by atoms with Crippen LogP contribution in [-0.4, -0.2) is 11.9 Å². The summed E-state index contributed by atoms with van der Waals surface area (Å²) in [5, 5.41) is 9.95. The maximum atomic E-state index is 9.50. The molecule has 1 aliphatic heterocycles. The predicted molar refractivity (Wildman–Crippen MR) is 74.7 cm³/mol. The summed E-state index contributed by atoms with van der Waals surface area (Å²) in [6.07, 6.45) is -0.563. The molecule has 2 aromatic rings. The number of fused-ring (bicyclic) bond motifs is 1. The van der Waals surface area contributed by atoms with Gasteiger partial charge in [0.05, 0.1) is 11.1 Å². The first-order valence-electron chi connectivity index (χ1n) is 6.18. The molecule has 0 saturated carbocycles. The number of ether oxygens (including phenoxy) is 3. The Balaban J connectivity index is 1.84. The third kappa shape index (κ3) is 2.53. The monoisotopic (exact) mass is 292 g/mol. The van der Waals surface area contributed by atoms with E-state index in [0.717, 1.165) is 5.56 Å². The van der Waals surface area contributed by atoms with Crippen LogP contribution in [0.4, 0.5) is 0 Å². The zero-order valence-electron chi connectivity index (χ0n) is 10.8. The van der Waals surface area contributed by atoms with Gasteiger partial charge >= 0.3 is 0 Å². The molecule has 104 valence electrons. The average Bonchev–Trinajstić information content (AvgIpc) is 2.88. The highest BCUT2D eigenvalue weighted by atomic mass is 35.5.